The standard InChI is InChI=1S/C15H20N2O2S2.ClH/c16-15(4-6-19-7-5-15)14(18)17-12-3-1-2-11(10-12)13-20-8-9-21-13;/h1-3,10,13H,4-9,16H2,(H,17,18);1H. The van der Waals surface area contributed by atoms with Gasteiger partial charge in [-0.2, -0.15) is 0 Å². The van der Waals surface area contributed by atoms with Crippen LogP contribution >= 0.6 is 35.9 Å². The summed E-state index contributed by atoms with van der Waals surface area (Å²) < 4.78 is 5.77. The maximum Gasteiger partial charge on any atom is 0.244 e. The average Bonchev–Trinajstić information content (AvgIpc) is 3.02. The Kier molecular flexibility index (Phi) is 6.46. The Bertz CT molecular complexity index is 518. The molecule has 0 aliphatic carbocycles. The molecule has 7 heteroatoms. The molecule has 2 aliphatic rings. The van der Waals surface area contributed by atoms with E-state index in [1.807, 2.05) is 35.7 Å². The van der Waals surface area contributed by atoms with Crippen LogP contribution in [0.3, 0.4) is 0 Å². The fraction of sp³-hybridized carbons (Fsp3) is 0.533. The largest absolute Gasteiger partial charge is 0.381 e. The molecule has 4 nitrogen and oxygen atoms in total. The first kappa shape index (κ1) is 17.9. The number of nitrogens with one attached hydrogen (secondary N) is 1. The molecule has 0 radical (unpaired) electrons. The summed E-state index contributed by atoms with van der Waals surface area (Å²) in [5.41, 5.74) is 7.51. The Hall–Kier alpha value is -0.400. The molecule has 2 aliphatic heterocycles. The van der Waals surface area contributed by atoms with Gasteiger partial charge >= 0.3 is 0 Å². The molecule has 0 aromatic heterocycles. The fourth-order valence-electron chi connectivity index (χ4n) is 2.53. The number of nitrogens with two attached hydrogens (primary N) is 1. The number of hydrogen-bond acceptors (Lipinski definition) is 5. The van der Waals surface area contributed by atoms with Gasteiger partial charge in [-0.1, -0.05) is 12.1 Å². The van der Waals surface area contributed by atoms with Gasteiger partial charge in [0.25, 0.3) is 0 Å². The van der Waals surface area contributed by atoms with E-state index in [4.69, 9.17) is 10.5 Å². The van der Waals surface area contributed by atoms with Crippen molar-refractivity contribution in [2.45, 2.75) is 23.0 Å². The molecule has 0 spiro atoms. The Morgan fingerprint density at radius 2 is 1.95 bits per heavy atom. The molecule has 2 fully saturated rings. The maximum atomic E-state index is 12.4. The van der Waals surface area contributed by atoms with Crippen molar-refractivity contribution in [1.29, 1.82) is 0 Å². The topological polar surface area (TPSA) is 64.4 Å². The van der Waals surface area contributed by atoms with Crippen LogP contribution in [0.4, 0.5) is 5.69 Å². The number of hydrogen-bond donors (Lipinski definition) is 2. The van der Waals surface area contributed by atoms with Crippen LogP contribution < -0.4 is 11.1 Å². The van der Waals surface area contributed by atoms with E-state index in [-0.39, 0.29) is 18.3 Å². The molecular weight excluding hydrogens is 340 g/mol. The van der Waals surface area contributed by atoms with E-state index in [0.29, 0.717) is 30.6 Å². The predicted molar refractivity (Wildman–Crippen MR) is 96.9 cm³/mol. The molecule has 0 saturated carbocycles. The van der Waals surface area contributed by atoms with Gasteiger partial charge in [-0.15, -0.1) is 35.9 Å². The Labute approximate surface area is 145 Å². The molecule has 0 bridgehead atoms. The molecule has 3 N–H and O–H groups in total. The fourth-order valence-corrected chi connectivity index (χ4v) is 5.37. The van der Waals surface area contributed by atoms with Crippen molar-refractivity contribution in [3.8, 4) is 0 Å². The zero-order valence-corrected chi connectivity index (χ0v) is 14.7. The molecule has 22 heavy (non-hydrogen) atoms. The number of amides is 1. The minimum atomic E-state index is -0.800. The third-order valence-corrected chi connectivity index (χ3v) is 6.98. The zero-order valence-electron chi connectivity index (χ0n) is 12.2. The summed E-state index contributed by atoms with van der Waals surface area (Å²) in [7, 11) is 0. The molecule has 3 rings (SSSR count). The zero-order chi connectivity index (χ0) is 14.7. The molecule has 2 heterocycles. The highest BCUT2D eigenvalue weighted by molar-refractivity contribution is 8.19. The third kappa shape index (κ3) is 4.11. The Balaban J connectivity index is 0.00000176. The van der Waals surface area contributed by atoms with Crippen molar-refractivity contribution in [3.63, 3.8) is 0 Å². The van der Waals surface area contributed by atoms with Gasteiger partial charge in [-0.05, 0) is 30.5 Å². The van der Waals surface area contributed by atoms with Gasteiger partial charge in [0, 0.05) is 30.4 Å². The number of halogens is 1. The first-order valence-electron chi connectivity index (χ1n) is 7.19. The van der Waals surface area contributed by atoms with E-state index < -0.39 is 5.54 Å². The van der Waals surface area contributed by atoms with Crippen LogP contribution in [0.2, 0.25) is 0 Å². The van der Waals surface area contributed by atoms with Gasteiger partial charge in [0.05, 0.1) is 4.58 Å². The smallest absolute Gasteiger partial charge is 0.244 e. The summed E-state index contributed by atoms with van der Waals surface area (Å²) in [5, 5.41) is 2.98. The lowest BCUT2D eigenvalue weighted by atomic mass is 9.90. The van der Waals surface area contributed by atoms with Crippen molar-refractivity contribution in [2.24, 2.45) is 5.73 Å². The van der Waals surface area contributed by atoms with E-state index in [9.17, 15) is 4.79 Å². The monoisotopic (exact) mass is 360 g/mol. The van der Waals surface area contributed by atoms with Crippen molar-refractivity contribution in [1.82, 2.24) is 0 Å². The lowest BCUT2D eigenvalue weighted by Gasteiger charge is -2.31. The minimum absolute atomic E-state index is 0. The number of thioether (sulfide) groups is 2. The SMILES string of the molecule is Cl.NC1(C(=O)Nc2cccc(C3SCCS3)c2)CCOCC1. The van der Waals surface area contributed by atoms with Crippen LogP contribution in [-0.4, -0.2) is 36.2 Å². The highest BCUT2D eigenvalue weighted by Crippen LogP contribution is 2.45. The van der Waals surface area contributed by atoms with Gasteiger partial charge in [0.2, 0.25) is 5.91 Å². The highest BCUT2D eigenvalue weighted by atomic mass is 35.5. The van der Waals surface area contributed by atoms with Gasteiger partial charge in [-0.3, -0.25) is 4.79 Å². The van der Waals surface area contributed by atoms with Crippen LogP contribution in [-0.2, 0) is 9.53 Å². The molecule has 1 aromatic carbocycles. The van der Waals surface area contributed by atoms with E-state index in [1.165, 1.54) is 17.1 Å². The number of benzene rings is 1. The van der Waals surface area contributed by atoms with Crippen LogP contribution in [0.15, 0.2) is 24.3 Å². The first-order chi connectivity index (χ1) is 10.2. The number of ether oxygens (including phenoxy) is 1. The second kappa shape index (κ2) is 7.93. The number of rotatable bonds is 3. The van der Waals surface area contributed by atoms with Crippen LogP contribution in [0, 0.1) is 0 Å². The summed E-state index contributed by atoms with van der Waals surface area (Å²) in [6, 6.07) is 8.11. The molecule has 2 saturated heterocycles. The highest BCUT2D eigenvalue weighted by Gasteiger charge is 2.36. The quantitative estimate of drug-likeness (QED) is 0.867. The lowest BCUT2D eigenvalue weighted by molar-refractivity contribution is -0.124. The van der Waals surface area contributed by atoms with Crippen LogP contribution in [0.25, 0.3) is 0 Å². The van der Waals surface area contributed by atoms with Crippen molar-refractivity contribution in [2.75, 3.05) is 30.0 Å². The minimum Gasteiger partial charge on any atom is -0.381 e. The summed E-state index contributed by atoms with van der Waals surface area (Å²) in [5.74, 6) is 2.28. The van der Waals surface area contributed by atoms with Gasteiger partial charge < -0.3 is 15.8 Å². The van der Waals surface area contributed by atoms with Crippen molar-refractivity contribution in [3.05, 3.63) is 29.8 Å². The number of anilines is 1. The number of carbonyl (C=O) groups excluding carboxylic acids is 1. The second-order valence-electron chi connectivity index (χ2n) is 5.42. The van der Waals surface area contributed by atoms with E-state index in [0.717, 1.165) is 5.69 Å². The molecule has 0 unspecified atom stereocenters. The second-order valence-corrected chi connectivity index (χ2v) is 8.15. The molecule has 122 valence electrons. The molecule has 0 atom stereocenters. The van der Waals surface area contributed by atoms with Crippen LogP contribution in [0.5, 0.6) is 0 Å². The van der Waals surface area contributed by atoms with Gasteiger partial charge in [0.1, 0.15) is 5.54 Å². The van der Waals surface area contributed by atoms with Crippen molar-refractivity contribution >= 4 is 47.5 Å². The Morgan fingerprint density at radius 1 is 1.27 bits per heavy atom. The maximum absolute atomic E-state index is 12.4. The van der Waals surface area contributed by atoms with Gasteiger partial charge in [0.15, 0.2) is 0 Å². The third-order valence-electron chi connectivity index (χ3n) is 3.88. The average molecular weight is 361 g/mol. The van der Waals surface area contributed by atoms with Gasteiger partial charge in [-0.25, -0.2) is 0 Å². The summed E-state index contributed by atoms with van der Waals surface area (Å²) in [4.78, 5) is 12.4. The molecule has 1 amide bonds. The van der Waals surface area contributed by atoms with Crippen molar-refractivity contribution < 1.29 is 9.53 Å². The van der Waals surface area contributed by atoms with E-state index >= 15 is 0 Å². The normalized spacial score (nSPS) is 21.1. The summed E-state index contributed by atoms with van der Waals surface area (Å²) >= 11 is 3.92. The number of carbonyl (C=O) groups is 1. The summed E-state index contributed by atoms with van der Waals surface area (Å²) in [6.07, 6.45) is 1.15. The summed E-state index contributed by atoms with van der Waals surface area (Å²) in [6.45, 7) is 1.11. The van der Waals surface area contributed by atoms with E-state index in [1.54, 1.807) is 0 Å². The molecule has 1 aromatic rings. The Morgan fingerprint density at radius 3 is 2.64 bits per heavy atom. The predicted octanol–water partition coefficient (Wildman–Crippen LogP) is 3.03. The first-order valence-corrected chi connectivity index (χ1v) is 9.28. The molecular formula is C15H21ClN2O2S2. The van der Waals surface area contributed by atoms with E-state index in [2.05, 4.69) is 17.4 Å². The lowest BCUT2D eigenvalue weighted by Crippen LogP contribution is -2.54. The van der Waals surface area contributed by atoms with Crippen LogP contribution in [0.1, 0.15) is 23.0 Å².